The molecule has 2 aromatic carbocycles. The van der Waals surface area contributed by atoms with Crippen molar-refractivity contribution in [1.29, 1.82) is 0 Å². The number of benzene rings is 2. The number of carbonyl (C=O) groups is 3. The van der Waals surface area contributed by atoms with E-state index in [9.17, 15) is 14.4 Å². The summed E-state index contributed by atoms with van der Waals surface area (Å²) < 4.78 is 0. The summed E-state index contributed by atoms with van der Waals surface area (Å²) in [6, 6.07) is 16.8. The predicted octanol–water partition coefficient (Wildman–Crippen LogP) is 2.40. The number of aryl methyl sites for hydroxylation is 1. The fourth-order valence-corrected chi connectivity index (χ4v) is 3.44. The Kier molecular flexibility index (Phi) is 6.10. The lowest BCUT2D eigenvalue weighted by Gasteiger charge is -2.27. The average molecular weight is 409 g/mol. The number of nitrogens with zero attached hydrogens (tertiary/aromatic N) is 2. The predicted molar refractivity (Wildman–Crippen MR) is 116 cm³/mol. The van der Waals surface area contributed by atoms with Gasteiger partial charge in [0.25, 0.3) is 5.91 Å². The van der Waals surface area contributed by atoms with Crippen molar-refractivity contribution in [3.05, 3.63) is 65.7 Å². The highest BCUT2D eigenvalue weighted by molar-refractivity contribution is 6.09. The zero-order valence-corrected chi connectivity index (χ0v) is 17.8. The van der Waals surface area contributed by atoms with Crippen LogP contribution in [-0.2, 0) is 15.1 Å². The number of urea groups is 1. The third-order valence-electron chi connectivity index (χ3n) is 5.62. The number of amides is 4. The number of rotatable bonds is 7. The SMILES string of the molecule is Cc1ccc(C2(C)NC(=O)N(CC(=O)NCC(C)N(C)c3ccccc3)C2=O)cc1. The van der Waals surface area contributed by atoms with Gasteiger partial charge in [-0.15, -0.1) is 0 Å². The number of likely N-dealkylation sites (N-methyl/N-ethyl adjacent to an activating group) is 1. The third-order valence-corrected chi connectivity index (χ3v) is 5.62. The van der Waals surface area contributed by atoms with Gasteiger partial charge in [0.15, 0.2) is 0 Å². The van der Waals surface area contributed by atoms with E-state index in [-0.39, 0.29) is 18.5 Å². The molecule has 0 aromatic heterocycles. The number of para-hydroxylation sites is 1. The fourth-order valence-electron chi connectivity index (χ4n) is 3.44. The molecule has 158 valence electrons. The lowest BCUT2D eigenvalue weighted by atomic mass is 9.91. The molecule has 0 radical (unpaired) electrons. The number of anilines is 1. The van der Waals surface area contributed by atoms with Gasteiger partial charge in [0.1, 0.15) is 12.1 Å². The minimum Gasteiger partial charge on any atom is -0.370 e. The van der Waals surface area contributed by atoms with Crippen molar-refractivity contribution in [3.8, 4) is 0 Å². The van der Waals surface area contributed by atoms with Crippen LogP contribution in [0.25, 0.3) is 0 Å². The maximum Gasteiger partial charge on any atom is 0.325 e. The summed E-state index contributed by atoms with van der Waals surface area (Å²) in [5.41, 5.74) is 1.62. The molecule has 2 unspecified atom stereocenters. The third kappa shape index (κ3) is 4.30. The molecule has 1 fully saturated rings. The Labute approximate surface area is 177 Å². The molecule has 0 aliphatic carbocycles. The van der Waals surface area contributed by atoms with Crippen LogP contribution in [0, 0.1) is 6.92 Å². The molecule has 7 nitrogen and oxygen atoms in total. The van der Waals surface area contributed by atoms with Crippen molar-refractivity contribution in [1.82, 2.24) is 15.5 Å². The van der Waals surface area contributed by atoms with Gasteiger partial charge in [-0.25, -0.2) is 4.79 Å². The fraction of sp³-hybridized carbons (Fsp3) is 0.348. The first-order valence-corrected chi connectivity index (χ1v) is 9.98. The van der Waals surface area contributed by atoms with Crippen LogP contribution in [0.3, 0.4) is 0 Å². The van der Waals surface area contributed by atoms with Crippen LogP contribution in [-0.4, -0.2) is 48.9 Å². The van der Waals surface area contributed by atoms with E-state index in [1.807, 2.05) is 75.5 Å². The molecule has 1 heterocycles. The molecule has 2 N–H and O–H groups in total. The number of hydrogen-bond donors (Lipinski definition) is 2. The monoisotopic (exact) mass is 408 g/mol. The Bertz CT molecular complexity index is 929. The largest absolute Gasteiger partial charge is 0.370 e. The van der Waals surface area contributed by atoms with Crippen molar-refractivity contribution in [2.24, 2.45) is 0 Å². The molecule has 2 atom stereocenters. The second kappa shape index (κ2) is 8.57. The first-order chi connectivity index (χ1) is 14.2. The maximum atomic E-state index is 12.9. The Morgan fingerprint density at radius 2 is 1.77 bits per heavy atom. The van der Waals surface area contributed by atoms with Crippen LogP contribution in [0.5, 0.6) is 0 Å². The molecule has 0 bridgehead atoms. The van der Waals surface area contributed by atoms with Gasteiger partial charge in [-0.2, -0.15) is 0 Å². The van der Waals surface area contributed by atoms with Crippen LogP contribution in [0.1, 0.15) is 25.0 Å². The minimum atomic E-state index is -1.17. The van der Waals surface area contributed by atoms with E-state index in [0.717, 1.165) is 16.2 Å². The second-order valence-corrected chi connectivity index (χ2v) is 7.91. The molecule has 4 amide bonds. The molecule has 7 heteroatoms. The lowest BCUT2D eigenvalue weighted by Crippen LogP contribution is -2.46. The molecule has 1 aliphatic rings. The highest BCUT2D eigenvalue weighted by Crippen LogP contribution is 2.28. The highest BCUT2D eigenvalue weighted by Gasteiger charge is 2.49. The Morgan fingerprint density at radius 3 is 2.40 bits per heavy atom. The smallest absolute Gasteiger partial charge is 0.325 e. The van der Waals surface area contributed by atoms with E-state index in [1.165, 1.54) is 0 Å². The molecule has 30 heavy (non-hydrogen) atoms. The zero-order chi connectivity index (χ0) is 21.9. The molecular weight excluding hydrogens is 380 g/mol. The normalized spacial score (nSPS) is 19.4. The molecule has 1 aliphatic heterocycles. The summed E-state index contributed by atoms with van der Waals surface area (Å²) >= 11 is 0. The van der Waals surface area contributed by atoms with Crippen LogP contribution >= 0.6 is 0 Å². The maximum absolute atomic E-state index is 12.9. The van der Waals surface area contributed by atoms with Gasteiger partial charge in [-0.05, 0) is 38.5 Å². The van der Waals surface area contributed by atoms with Gasteiger partial charge >= 0.3 is 6.03 Å². The minimum absolute atomic E-state index is 0.0391. The topological polar surface area (TPSA) is 81.8 Å². The number of hydrogen-bond acceptors (Lipinski definition) is 4. The number of carbonyl (C=O) groups excluding carboxylic acids is 3. The summed E-state index contributed by atoms with van der Waals surface area (Å²) in [6.07, 6.45) is 0. The van der Waals surface area contributed by atoms with E-state index in [2.05, 4.69) is 15.5 Å². The first-order valence-electron chi connectivity index (χ1n) is 9.98. The molecule has 3 rings (SSSR count). The van der Waals surface area contributed by atoms with Gasteiger partial charge in [-0.1, -0.05) is 48.0 Å². The summed E-state index contributed by atoms with van der Waals surface area (Å²) in [7, 11) is 1.95. The number of imide groups is 1. The second-order valence-electron chi connectivity index (χ2n) is 7.91. The van der Waals surface area contributed by atoms with Crippen LogP contribution in [0.2, 0.25) is 0 Å². The van der Waals surface area contributed by atoms with Crippen molar-refractivity contribution in [3.63, 3.8) is 0 Å². The number of nitrogens with one attached hydrogen (secondary N) is 2. The Balaban J connectivity index is 1.59. The van der Waals surface area contributed by atoms with E-state index in [0.29, 0.717) is 12.1 Å². The van der Waals surface area contributed by atoms with Gasteiger partial charge in [-0.3, -0.25) is 14.5 Å². The average Bonchev–Trinajstić information content (AvgIpc) is 2.96. The first kappa shape index (κ1) is 21.4. The molecule has 0 spiro atoms. The van der Waals surface area contributed by atoms with Gasteiger partial charge < -0.3 is 15.5 Å². The van der Waals surface area contributed by atoms with Gasteiger partial charge in [0.05, 0.1) is 0 Å². The van der Waals surface area contributed by atoms with Crippen molar-refractivity contribution in [2.75, 3.05) is 25.0 Å². The molecular formula is C23H28N4O3. The highest BCUT2D eigenvalue weighted by atomic mass is 16.2. The van der Waals surface area contributed by atoms with E-state index >= 15 is 0 Å². The summed E-state index contributed by atoms with van der Waals surface area (Å²) in [5.74, 6) is -0.805. The molecule has 1 saturated heterocycles. The van der Waals surface area contributed by atoms with Crippen molar-refractivity contribution in [2.45, 2.75) is 32.4 Å². The van der Waals surface area contributed by atoms with Crippen molar-refractivity contribution < 1.29 is 14.4 Å². The van der Waals surface area contributed by atoms with Gasteiger partial charge in [0.2, 0.25) is 5.91 Å². The Hall–Kier alpha value is -3.35. The zero-order valence-electron chi connectivity index (χ0n) is 17.8. The van der Waals surface area contributed by atoms with Crippen LogP contribution in [0.15, 0.2) is 54.6 Å². The Morgan fingerprint density at radius 1 is 1.13 bits per heavy atom. The molecule has 0 saturated carbocycles. The van der Waals surface area contributed by atoms with E-state index in [1.54, 1.807) is 6.92 Å². The summed E-state index contributed by atoms with van der Waals surface area (Å²) in [6.45, 7) is 5.69. The van der Waals surface area contributed by atoms with Gasteiger partial charge in [0, 0.05) is 25.3 Å². The standard InChI is InChI=1S/C23H28N4O3/c1-16-10-12-18(13-11-16)23(3)21(29)27(22(30)25-23)15-20(28)24-14-17(2)26(4)19-8-6-5-7-9-19/h5-13,17H,14-15H2,1-4H3,(H,24,28)(H,25,30). The van der Waals surface area contributed by atoms with Crippen LogP contribution < -0.4 is 15.5 Å². The lowest BCUT2D eigenvalue weighted by molar-refractivity contribution is -0.134. The van der Waals surface area contributed by atoms with E-state index in [4.69, 9.17) is 0 Å². The van der Waals surface area contributed by atoms with Crippen molar-refractivity contribution >= 4 is 23.5 Å². The summed E-state index contributed by atoms with van der Waals surface area (Å²) in [5, 5.41) is 5.55. The van der Waals surface area contributed by atoms with E-state index < -0.39 is 17.5 Å². The summed E-state index contributed by atoms with van der Waals surface area (Å²) in [4.78, 5) is 40.8. The molecule has 2 aromatic rings. The quantitative estimate of drug-likeness (QED) is 0.690. The van der Waals surface area contributed by atoms with Crippen LogP contribution in [0.4, 0.5) is 10.5 Å².